The van der Waals surface area contributed by atoms with Gasteiger partial charge in [-0.05, 0) is 5.53 Å². The fraction of sp³-hybridized carbons (Fsp3) is 1.00. The Kier molecular flexibility index (Phi) is 3.31. The second kappa shape index (κ2) is 4.27. The van der Waals surface area contributed by atoms with Crippen LogP contribution in [-0.4, -0.2) is 37.3 Å². The number of ether oxygens (including phenoxy) is 2. The summed E-state index contributed by atoms with van der Waals surface area (Å²) >= 11 is 0. The number of aliphatic hydroxyl groups is 1. The first kappa shape index (κ1) is 9.28. The summed E-state index contributed by atoms with van der Waals surface area (Å²) < 4.78 is 10.1. The lowest BCUT2D eigenvalue weighted by Gasteiger charge is -2.10. The smallest absolute Gasteiger partial charge is 0.158 e. The topological polar surface area (TPSA) is 87.5 Å². The molecule has 0 unspecified atom stereocenters. The van der Waals surface area contributed by atoms with Crippen molar-refractivity contribution in [2.24, 2.45) is 5.11 Å². The van der Waals surface area contributed by atoms with Crippen molar-refractivity contribution in [2.75, 3.05) is 13.7 Å². The van der Waals surface area contributed by atoms with Gasteiger partial charge in [0.05, 0.1) is 18.8 Å². The van der Waals surface area contributed by atoms with Crippen molar-refractivity contribution in [3.8, 4) is 0 Å². The molecule has 0 radical (unpaired) electrons. The second-order valence-corrected chi connectivity index (χ2v) is 2.53. The van der Waals surface area contributed by atoms with E-state index >= 15 is 0 Å². The fourth-order valence-corrected chi connectivity index (χ4v) is 1.19. The Morgan fingerprint density at radius 2 is 2.58 bits per heavy atom. The summed E-state index contributed by atoms with van der Waals surface area (Å²) in [5, 5.41) is 12.3. The molecule has 6 heteroatoms. The Balaban J connectivity index is 2.55. The van der Waals surface area contributed by atoms with Crippen LogP contribution in [0, 0.1) is 0 Å². The molecule has 1 heterocycles. The Hall–Kier alpha value is -0.810. The van der Waals surface area contributed by atoms with E-state index in [1.165, 1.54) is 7.11 Å². The number of nitrogens with zero attached hydrogens (tertiary/aromatic N) is 3. The van der Waals surface area contributed by atoms with Gasteiger partial charge in [-0.1, -0.05) is 5.11 Å². The van der Waals surface area contributed by atoms with Gasteiger partial charge >= 0.3 is 0 Å². The highest BCUT2D eigenvalue weighted by atomic mass is 16.7. The van der Waals surface area contributed by atoms with Gasteiger partial charge in [0.15, 0.2) is 6.29 Å². The molecule has 3 atom stereocenters. The Labute approximate surface area is 69.7 Å². The molecule has 0 aliphatic carbocycles. The molecule has 12 heavy (non-hydrogen) atoms. The minimum absolute atomic E-state index is 0.149. The lowest BCUT2D eigenvalue weighted by molar-refractivity contribution is -0.123. The first-order valence-electron chi connectivity index (χ1n) is 3.65. The van der Waals surface area contributed by atoms with Gasteiger partial charge in [-0.3, -0.25) is 0 Å². The molecule has 1 aliphatic heterocycles. The summed E-state index contributed by atoms with van der Waals surface area (Å²) in [4.78, 5) is 2.66. The SMILES string of the molecule is CO[C@@H]1C[C@@H](N=[N+]=[N-])[C@@H](CO)O1. The maximum absolute atomic E-state index is 8.81. The molecular weight excluding hydrogens is 162 g/mol. The van der Waals surface area contributed by atoms with Crippen LogP contribution in [0.2, 0.25) is 0 Å². The average Bonchev–Trinajstić information content (AvgIpc) is 2.48. The number of rotatable bonds is 3. The zero-order chi connectivity index (χ0) is 8.97. The van der Waals surface area contributed by atoms with Gasteiger partial charge in [0.1, 0.15) is 0 Å². The quantitative estimate of drug-likeness (QED) is 0.381. The molecule has 6 nitrogen and oxygen atoms in total. The molecule has 1 fully saturated rings. The highest BCUT2D eigenvalue weighted by molar-refractivity contribution is 4.84. The number of methoxy groups -OCH3 is 1. The molecule has 0 aromatic carbocycles. The third-order valence-electron chi connectivity index (χ3n) is 1.83. The van der Waals surface area contributed by atoms with Gasteiger partial charge in [-0.25, -0.2) is 0 Å². The van der Waals surface area contributed by atoms with Crippen molar-refractivity contribution in [3.05, 3.63) is 10.4 Å². The molecule has 1 rings (SSSR count). The standard InChI is InChI=1S/C6H11N3O3/c1-11-6-2-4(8-9-7)5(3-10)12-6/h4-6,10H,2-3H2,1H3/t4-,5-,6+/m1/s1. The normalized spacial score (nSPS) is 34.7. The maximum atomic E-state index is 8.81. The first-order valence-corrected chi connectivity index (χ1v) is 3.65. The van der Waals surface area contributed by atoms with Crippen LogP contribution in [0.15, 0.2) is 5.11 Å². The van der Waals surface area contributed by atoms with Crippen LogP contribution >= 0.6 is 0 Å². The highest BCUT2D eigenvalue weighted by Crippen LogP contribution is 2.23. The van der Waals surface area contributed by atoms with E-state index in [1.807, 2.05) is 0 Å². The molecule has 0 aromatic heterocycles. The van der Waals surface area contributed by atoms with E-state index in [2.05, 4.69) is 10.0 Å². The summed E-state index contributed by atoms with van der Waals surface area (Å²) in [5.41, 5.74) is 8.18. The molecule has 0 bridgehead atoms. The minimum atomic E-state index is -0.425. The van der Waals surface area contributed by atoms with Crippen LogP contribution in [0.1, 0.15) is 6.42 Å². The van der Waals surface area contributed by atoms with Crippen LogP contribution in [0.4, 0.5) is 0 Å². The molecule has 1 saturated heterocycles. The number of aliphatic hydroxyl groups excluding tert-OH is 1. The Morgan fingerprint density at radius 3 is 3.08 bits per heavy atom. The molecule has 1 aliphatic rings. The van der Waals surface area contributed by atoms with Crippen LogP contribution in [-0.2, 0) is 9.47 Å². The third-order valence-corrected chi connectivity index (χ3v) is 1.83. The molecule has 0 spiro atoms. The Morgan fingerprint density at radius 1 is 1.83 bits per heavy atom. The lowest BCUT2D eigenvalue weighted by atomic mass is 10.1. The van der Waals surface area contributed by atoms with Gasteiger partial charge in [0.25, 0.3) is 0 Å². The van der Waals surface area contributed by atoms with Crippen LogP contribution in [0.25, 0.3) is 10.4 Å². The third kappa shape index (κ3) is 1.86. The van der Waals surface area contributed by atoms with Gasteiger partial charge in [0.2, 0.25) is 0 Å². The summed E-state index contributed by atoms with van der Waals surface area (Å²) in [5.74, 6) is 0. The maximum Gasteiger partial charge on any atom is 0.158 e. The van der Waals surface area contributed by atoms with Crippen LogP contribution in [0.3, 0.4) is 0 Å². The van der Waals surface area contributed by atoms with Gasteiger partial charge < -0.3 is 14.6 Å². The van der Waals surface area contributed by atoms with Crippen LogP contribution in [0.5, 0.6) is 0 Å². The molecule has 0 amide bonds. The highest BCUT2D eigenvalue weighted by Gasteiger charge is 2.33. The van der Waals surface area contributed by atoms with E-state index < -0.39 is 6.10 Å². The number of hydrogen-bond donors (Lipinski definition) is 1. The lowest BCUT2D eigenvalue weighted by Crippen LogP contribution is -2.23. The first-order chi connectivity index (χ1) is 5.81. The monoisotopic (exact) mass is 173 g/mol. The van der Waals surface area contributed by atoms with Crippen molar-refractivity contribution in [1.29, 1.82) is 0 Å². The van der Waals surface area contributed by atoms with E-state index in [0.717, 1.165) is 0 Å². The molecular formula is C6H11N3O3. The average molecular weight is 173 g/mol. The van der Waals surface area contributed by atoms with E-state index in [0.29, 0.717) is 6.42 Å². The van der Waals surface area contributed by atoms with Gasteiger partial charge in [0, 0.05) is 18.4 Å². The molecule has 68 valence electrons. The fourth-order valence-electron chi connectivity index (χ4n) is 1.19. The van der Waals surface area contributed by atoms with Crippen LogP contribution < -0.4 is 0 Å². The summed E-state index contributed by atoms with van der Waals surface area (Å²) in [6.45, 7) is -0.149. The van der Waals surface area contributed by atoms with Crippen molar-refractivity contribution in [1.82, 2.24) is 0 Å². The largest absolute Gasteiger partial charge is 0.394 e. The number of hydrogen-bond acceptors (Lipinski definition) is 4. The molecule has 0 saturated carbocycles. The van der Waals surface area contributed by atoms with Crippen molar-refractivity contribution in [2.45, 2.75) is 24.9 Å². The van der Waals surface area contributed by atoms with Gasteiger partial charge in [-0.15, -0.1) is 0 Å². The molecule has 0 aromatic rings. The second-order valence-electron chi connectivity index (χ2n) is 2.53. The zero-order valence-corrected chi connectivity index (χ0v) is 6.75. The van der Waals surface area contributed by atoms with Crippen molar-refractivity contribution >= 4 is 0 Å². The van der Waals surface area contributed by atoms with Crippen molar-refractivity contribution in [3.63, 3.8) is 0 Å². The summed E-state index contributed by atoms with van der Waals surface area (Å²) in [7, 11) is 1.51. The summed E-state index contributed by atoms with van der Waals surface area (Å²) in [6, 6.07) is -0.315. The van der Waals surface area contributed by atoms with E-state index in [4.69, 9.17) is 20.1 Å². The molecule has 1 N–H and O–H groups in total. The van der Waals surface area contributed by atoms with Crippen molar-refractivity contribution < 1.29 is 14.6 Å². The predicted molar refractivity (Wildman–Crippen MR) is 40.3 cm³/mol. The van der Waals surface area contributed by atoms with E-state index in [-0.39, 0.29) is 18.9 Å². The Bertz CT molecular complexity index is 192. The zero-order valence-electron chi connectivity index (χ0n) is 6.75. The minimum Gasteiger partial charge on any atom is -0.394 e. The number of azide groups is 1. The predicted octanol–water partition coefficient (Wildman–Crippen LogP) is 0.419. The van der Waals surface area contributed by atoms with E-state index in [9.17, 15) is 0 Å². The summed E-state index contributed by atoms with van der Waals surface area (Å²) in [6.07, 6.45) is -0.283. The van der Waals surface area contributed by atoms with Gasteiger partial charge in [-0.2, -0.15) is 0 Å². The van der Waals surface area contributed by atoms with E-state index in [1.54, 1.807) is 0 Å².